The molecule has 61 heavy (non-hydrogen) atoms. The van der Waals surface area contributed by atoms with Crippen molar-refractivity contribution in [2.45, 2.75) is 52.0 Å². The van der Waals surface area contributed by atoms with Gasteiger partial charge in [0.2, 0.25) is 0 Å². The Morgan fingerprint density at radius 1 is 0.492 bits per heavy atom. The normalized spacial score (nSPS) is 14.3. The van der Waals surface area contributed by atoms with Crippen molar-refractivity contribution in [1.29, 1.82) is 0 Å². The van der Waals surface area contributed by atoms with E-state index in [-0.39, 0.29) is 11.0 Å². The number of fused-ring (bicyclic) bond motifs is 8. The lowest BCUT2D eigenvalue weighted by atomic mass is 9.80. The van der Waals surface area contributed by atoms with Gasteiger partial charge in [-0.3, -0.25) is 0 Å². The predicted octanol–water partition coefficient (Wildman–Crippen LogP) is 15.9. The summed E-state index contributed by atoms with van der Waals surface area (Å²) in [6.07, 6.45) is 1.08. The highest BCUT2D eigenvalue weighted by Crippen LogP contribution is 2.56. The van der Waals surface area contributed by atoms with Crippen molar-refractivity contribution in [3.8, 4) is 55.6 Å². The smallest absolute Gasteiger partial charge is 0.0540 e. The molecule has 0 amide bonds. The first-order chi connectivity index (χ1) is 29.6. The number of rotatable bonds is 5. The standard InChI is InChI=1S/C59H48N2/c1-58(2,3)60-33-32-39-16-12-21-48(57(39)60)51-35-41(36-53-56(51)49-19-10-11-23-52(49)59(53,4)5)38-24-27-42(28-25-38)61(43-29-26-37-14-6-7-15-40(37)34-43)54-31-30-47-45-18-9-8-17-44(45)46-20-13-22-50(54)55(46)47/h6-31,34-36H,32-33H2,1-5H3. The fraction of sp³-hybridized carbons (Fsp3) is 0.153. The average molecular weight is 785 g/mol. The third kappa shape index (κ3) is 5.34. The maximum Gasteiger partial charge on any atom is 0.0540 e. The Labute approximate surface area is 359 Å². The van der Waals surface area contributed by atoms with Gasteiger partial charge in [-0.1, -0.05) is 147 Å². The molecule has 294 valence electrons. The summed E-state index contributed by atoms with van der Waals surface area (Å²) < 4.78 is 0. The molecule has 0 saturated heterocycles. The van der Waals surface area contributed by atoms with E-state index in [9.17, 15) is 0 Å². The van der Waals surface area contributed by atoms with E-state index < -0.39 is 0 Å². The molecule has 0 bridgehead atoms. The Morgan fingerprint density at radius 2 is 1.15 bits per heavy atom. The number of benzene rings is 9. The molecule has 0 radical (unpaired) electrons. The van der Waals surface area contributed by atoms with Crippen LogP contribution in [0.3, 0.4) is 0 Å². The first kappa shape index (κ1) is 36.0. The van der Waals surface area contributed by atoms with Crippen molar-refractivity contribution >= 4 is 44.3 Å². The van der Waals surface area contributed by atoms with E-state index in [0.29, 0.717) is 0 Å². The van der Waals surface area contributed by atoms with Crippen molar-refractivity contribution in [1.82, 2.24) is 0 Å². The quantitative estimate of drug-likeness (QED) is 0.171. The maximum atomic E-state index is 2.64. The largest absolute Gasteiger partial charge is 0.366 e. The summed E-state index contributed by atoms with van der Waals surface area (Å²) in [6, 6.07) is 66.3. The molecule has 1 heterocycles. The second kappa shape index (κ2) is 13.0. The molecule has 3 aliphatic rings. The first-order valence-corrected chi connectivity index (χ1v) is 21.9. The molecule has 2 heteroatoms. The monoisotopic (exact) mass is 784 g/mol. The Balaban J connectivity index is 1.04. The lowest BCUT2D eigenvalue weighted by Gasteiger charge is -2.36. The van der Waals surface area contributed by atoms with Crippen LogP contribution in [0.2, 0.25) is 0 Å². The van der Waals surface area contributed by atoms with Crippen LogP contribution in [0.4, 0.5) is 22.7 Å². The summed E-state index contributed by atoms with van der Waals surface area (Å²) in [5.74, 6) is 0. The van der Waals surface area contributed by atoms with Crippen molar-refractivity contribution in [2.24, 2.45) is 0 Å². The van der Waals surface area contributed by atoms with Gasteiger partial charge in [-0.05, 0) is 153 Å². The molecule has 9 aromatic rings. The molecule has 2 aliphatic carbocycles. The summed E-state index contributed by atoms with van der Waals surface area (Å²) in [5, 5.41) is 5.06. The predicted molar refractivity (Wildman–Crippen MR) is 260 cm³/mol. The zero-order valence-electron chi connectivity index (χ0n) is 35.6. The minimum absolute atomic E-state index is 0.0149. The van der Waals surface area contributed by atoms with Crippen molar-refractivity contribution in [2.75, 3.05) is 16.3 Å². The average Bonchev–Trinajstić information content (AvgIpc) is 3.94. The molecular formula is C59H48N2. The second-order valence-corrected chi connectivity index (χ2v) is 18.8. The summed E-state index contributed by atoms with van der Waals surface area (Å²) in [6.45, 7) is 12.9. The highest BCUT2D eigenvalue weighted by Gasteiger charge is 2.39. The minimum atomic E-state index is -0.138. The molecular weight excluding hydrogens is 737 g/mol. The summed E-state index contributed by atoms with van der Waals surface area (Å²) in [7, 11) is 0. The van der Waals surface area contributed by atoms with Crippen LogP contribution in [-0.2, 0) is 11.8 Å². The molecule has 0 spiro atoms. The van der Waals surface area contributed by atoms with Crippen LogP contribution >= 0.6 is 0 Å². The topological polar surface area (TPSA) is 6.48 Å². The lowest BCUT2D eigenvalue weighted by molar-refractivity contribution is 0.518. The van der Waals surface area contributed by atoms with E-state index in [1.807, 2.05) is 0 Å². The lowest BCUT2D eigenvalue weighted by Crippen LogP contribution is -2.40. The van der Waals surface area contributed by atoms with Crippen molar-refractivity contribution in [3.05, 3.63) is 193 Å². The van der Waals surface area contributed by atoms with Gasteiger partial charge in [0.1, 0.15) is 0 Å². The minimum Gasteiger partial charge on any atom is -0.366 e. The van der Waals surface area contributed by atoms with Crippen LogP contribution in [-0.4, -0.2) is 12.1 Å². The molecule has 0 atom stereocenters. The van der Waals surface area contributed by atoms with E-state index >= 15 is 0 Å². The Morgan fingerprint density at radius 3 is 1.93 bits per heavy atom. The van der Waals surface area contributed by atoms with E-state index in [2.05, 4.69) is 220 Å². The number of para-hydroxylation sites is 1. The third-order valence-electron chi connectivity index (χ3n) is 14.0. The third-order valence-corrected chi connectivity index (χ3v) is 14.0. The highest BCUT2D eigenvalue weighted by atomic mass is 15.2. The fourth-order valence-corrected chi connectivity index (χ4v) is 11.1. The summed E-state index contributed by atoms with van der Waals surface area (Å²) >= 11 is 0. The molecule has 12 rings (SSSR count). The molecule has 0 aromatic heterocycles. The summed E-state index contributed by atoms with van der Waals surface area (Å²) in [5.41, 5.74) is 22.1. The molecule has 1 aliphatic heterocycles. The van der Waals surface area contributed by atoms with Gasteiger partial charge in [0.25, 0.3) is 0 Å². The molecule has 9 aromatic carbocycles. The molecule has 0 saturated carbocycles. The number of nitrogens with zero attached hydrogens (tertiary/aromatic N) is 2. The van der Waals surface area contributed by atoms with Crippen molar-refractivity contribution in [3.63, 3.8) is 0 Å². The molecule has 0 unspecified atom stereocenters. The Hall–Kier alpha value is -6.90. The Bertz CT molecular complexity index is 3240. The van der Waals surface area contributed by atoms with Gasteiger partial charge in [-0.2, -0.15) is 0 Å². The first-order valence-electron chi connectivity index (χ1n) is 21.9. The van der Waals surface area contributed by atoms with Crippen LogP contribution in [0.15, 0.2) is 176 Å². The SMILES string of the molecule is CC1(C)c2ccccc2-c2c(-c3cccc4c3N(C(C)(C)C)CC4)cc(-c3ccc(N(c4ccc5ccccc5c4)c4ccc5c6c(cccc46)-c4ccccc4-5)cc3)cc21. The second-order valence-electron chi connectivity index (χ2n) is 18.8. The number of anilines is 4. The van der Waals surface area contributed by atoms with E-state index in [1.54, 1.807) is 0 Å². The van der Waals surface area contributed by atoms with Crippen molar-refractivity contribution < 1.29 is 0 Å². The van der Waals surface area contributed by atoms with Gasteiger partial charge in [-0.25, -0.2) is 0 Å². The highest BCUT2D eigenvalue weighted by molar-refractivity contribution is 6.19. The van der Waals surface area contributed by atoms with Gasteiger partial charge in [0.05, 0.1) is 5.69 Å². The number of hydrogen-bond donors (Lipinski definition) is 0. The van der Waals surface area contributed by atoms with E-state index in [1.165, 1.54) is 105 Å². The fourth-order valence-electron chi connectivity index (χ4n) is 11.1. The van der Waals surface area contributed by atoms with E-state index in [4.69, 9.17) is 0 Å². The summed E-state index contributed by atoms with van der Waals surface area (Å²) in [4.78, 5) is 5.10. The molecule has 0 fully saturated rings. The van der Waals surface area contributed by atoms with Crippen LogP contribution in [0, 0.1) is 0 Å². The van der Waals surface area contributed by atoms with Crippen LogP contribution in [0.25, 0.3) is 77.2 Å². The van der Waals surface area contributed by atoms with Crippen LogP contribution < -0.4 is 9.80 Å². The maximum absolute atomic E-state index is 2.64. The molecule has 0 N–H and O–H groups in total. The van der Waals surface area contributed by atoms with Crippen LogP contribution in [0.5, 0.6) is 0 Å². The zero-order chi connectivity index (χ0) is 41.2. The zero-order valence-corrected chi connectivity index (χ0v) is 35.6. The Kier molecular flexibility index (Phi) is 7.70. The number of hydrogen-bond acceptors (Lipinski definition) is 2. The molecule has 2 nitrogen and oxygen atoms in total. The van der Waals surface area contributed by atoms with Crippen LogP contribution in [0.1, 0.15) is 51.3 Å². The van der Waals surface area contributed by atoms with E-state index in [0.717, 1.165) is 24.3 Å². The van der Waals surface area contributed by atoms with Gasteiger partial charge in [0, 0.05) is 45.5 Å². The van der Waals surface area contributed by atoms with Gasteiger partial charge >= 0.3 is 0 Å². The van der Waals surface area contributed by atoms with Gasteiger partial charge in [-0.15, -0.1) is 0 Å². The van der Waals surface area contributed by atoms with Gasteiger partial charge in [0.15, 0.2) is 0 Å². The van der Waals surface area contributed by atoms with Gasteiger partial charge < -0.3 is 9.80 Å².